The number of carbonyl (C=O) groups is 1. The maximum absolute atomic E-state index is 11.3. The van der Waals surface area contributed by atoms with Gasteiger partial charge in [-0.2, -0.15) is 0 Å². The standard InChI is InChI=1S/C9H17NO2/c1-7(11)6-10-9(12)8-4-2-3-5-8/h7-8,11H,2-6H2,1H3,(H,10,12)/t7-/m0/s1. The summed E-state index contributed by atoms with van der Waals surface area (Å²) < 4.78 is 0. The quantitative estimate of drug-likeness (QED) is 0.656. The Hall–Kier alpha value is -0.570. The second-order valence-electron chi connectivity index (χ2n) is 3.58. The molecule has 70 valence electrons. The first-order chi connectivity index (χ1) is 5.70. The molecular formula is C9H17NO2. The fourth-order valence-electron chi connectivity index (χ4n) is 1.58. The van der Waals surface area contributed by atoms with Crippen molar-refractivity contribution in [1.82, 2.24) is 5.32 Å². The molecule has 1 amide bonds. The first-order valence-corrected chi connectivity index (χ1v) is 4.66. The first-order valence-electron chi connectivity index (χ1n) is 4.66. The van der Waals surface area contributed by atoms with Gasteiger partial charge in [0.25, 0.3) is 0 Å². The minimum atomic E-state index is -0.435. The predicted molar refractivity (Wildman–Crippen MR) is 46.6 cm³/mol. The Morgan fingerprint density at radius 2 is 2.17 bits per heavy atom. The molecule has 0 aromatic heterocycles. The molecule has 1 aliphatic rings. The van der Waals surface area contributed by atoms with Crippen LogP contribution in [0, 0.1) is 5.92 Å². The van der Waals surface area contributed by atoms with Crippen LogP contribution >= 0.6 is 0 Å². The summed E-state index contributed by atoms with van der Waals surface area (Å²) in [6, 6.07) is 0. The van der Waals surface area contributed by atoms with Crippen molar-refractivity contribution < 1.29 is 9.90 Å². The third-order valence-electron chi connectivity index (χ3n) is 2.30. The molecule has 1 saturated carbocycles. The van der Waals surface area contributed by atoms with Gasteiger partial charge in [-0.1, -0.05) is 12.8 Å². The Labute approximate surface area is 73.2 Å². The monoisotopic (exact) mass is 171 g/mol. The molecule has 3 nitrogen and oxygen atoms in total. The van der Waals surface area contributed by atoms with Gasteiger partial charge in [0.2, 0.25) is 5.91 Å². The van der Waals surface area contributed by atoms with Crippen molar-refractivity contribution in [2.75, 3.05) is 6.54 Å². The molecular weight excluding hydrogens is 154 g/mol. The highest BCUT2D eigenvalue weighted by Crippen LogP contribution is 2.24. The van der Waals surface area contributed by atoms with Crippen LogP contribution in [0.1, 0.15) is 32.6 Å². The molecule has 2 N–H and O–H groups in total. The second kappa shape index (κ2) is 4.45. The van der Waals surface area contributed by atoms with E-state index in [0.717, 1.165) is 12.8 Å². The Balaban J connectivity index is 2.18. The Kier molecular flexibility index (Phi) is 3.53. The van der Waals surface area contributed by atoms with Gasteiger partial charge in [-0.25, -0.2) is 0 Å². The lowest BCUT2D eigenvalue weighted by Crippen LogP contribution is -2.34. The minimum absolute atomic E-state index is 0.119. The molecule has 1 aliphatic carbocycles. The summed E-state index contributed by atoms with van der Waals surface area (Å²) in [5, 5.41) is 11.7. The summed E-state index contributed by atoms with van der Waals surface area (Å²) in [5.41, 5.74) is 0. The highest BCUT2D eigenvalue weighted by molar-refractivity contribution is 5.78. The molecule has 0 aliphatic heterocycles. The topological polar surface area (TPSA) is 49.3 Å². The van der Waals surface area contributed by atoms with Gasteiger partial charge >= 0.3 is 0 Å². The van der Waals surface area contributed by atoms with Crippen LogP contribution in [0.2, 0.25) is 0 Å². The number of aliphatic hydroxyl groups excluding tert-OH is 1. The molecule has 3 heteroatoms. The van der Waals surface area contributed by atoms with Crippen LogP contribution in [0.15, 0.2) is 0 Å². The lowest BCUT2D eigenvalue weighted by molar-refractivity contribution is -0.125. The smallest absolute Gasteiger partial charge is 0.223 e. The van der Waals surface area contributed by atoms with E-state index in [2.05, 4.69) is 5.32 Å². The van der Waals surface area contributed by atoms with Gasteiger partial charge in [-0.3, -0.25) is 4.79 Å². The van der Waals surface area contributed by atoms with Gasteiger partial charge < -0.3 is 10.4 Å². The molecule has 0 radical (unpaired) electrons. The van der Waals surface area contributed by atoms with Crippen LogP contribution in [0.3, 0.4) is 0 Å². The van der Waals surface area contributed by atoms with E-state index >= 15 is 0 Å². The third kappa shape index (κ3) is 2.81. The van der Waals surface area contributed by atoms with Crippen molar-refractivity contribution in [3.63, 3.8) is 0 Å². The van der Waals surface area contributed by atoms with Gasteiger partial charge in [-0.05, 0) is 19.8 Å². The van der Waals surface area contributed by atoms with Crippen LogP contribution in [-0.4, -0.2) is 23.7 Å². The number of rotatable bonds is 3. The number of carbonyl (C=O) groups excluding carboxylic acids is 1. The largest absolute Gasteiger partial charge is 0.392 e. The zero-order valence-electron chi connectivity index (χ0n) is 7.55. The summed E-state index contributed by atoms with van der Waals surface area (Å²) in [4.78, 5) is 11.3. The Morgan fingerprint density at radius 1 is 1.58 bits per heavy atom. The van der Waals surface area contributed by atoms with E-state index in [0.29, 0.717) is 6.54 Å². The van der Waals surface area contributed by atoms with Crippen LogP contribution in [0.4, 0.5) is 0 Å². The molecule has 1 fully saturated rings. The number of nitrogens with one attached hydrogen (secondary N) is 1. The van der Waals surface area contributed by atoms with Crippen molar-refractivity contribution in [3.05, 3.63) is 0 Å². The average Bonchev–Trinajstić information content (AvgIpc) is 2.51. The molecule has 0 spiro atoms. The van der Waals surface area contributed by atoms with Gasteiger partial charge in [-0.15, -0.1) is 0 Å². The highest BCUT2D eigenvalue weighted by atomic mass is 16.3. The van der Waals surface area contributed by atoms with E-state index in [1.54, 1.807) is 6.92 Å². The predicted octanol–water partition coefficient (Wildman–Crippen LogP) is 0.674. The Morgan fingerprint density at radius 3 is 2.67 bits per heavy atom. The van der Waals surface area contributed by atoms with Crippen molar-refractivity contribution in [1.29, 1.82) is 0 Å². The summed E-state index contributed by atoms with van der Waals surface area (Å²) in [6.07, 6.45) is 3.95. The molecule has 12 heavy (non-hydrogen) atoms. The number of hydrogen-bond donors (Lipinski definition) is 2. The van der Waals surface area contributed by atoms with E-state index < -0.39 is 6.10 Å². The van der Waals surface area contributed by atoms with Gasteiger partial charge in [0.1, 0.15) is 0 Å². The zero-order chi connectivity index (χ0) is 8.97. The van der Waals surface area contributed by atoms with Crippen LogP contribution in [0.5, 0.6) is 0 Å². The van der Waals surface area contributed by atoms with E-state index in [1.807, 2.05) is 0 Å². The van der Waals surface area contributed by atoms with Crippen molar-refractivity contribution in [2.24, 2.45) is 5.92 Å². The van der Waals surface area contributed by atoms with Crippen molar-refractivity contribution in [2.45, 2.75) is 38.7 Å². The molecule has 0 aromatic rings. The van der Waals surface area contributed by atoms with E-state index in [9.17, 15) is 4.79 Å². The van der Waals surface area contributed by atoms with Gasteiger partial charge in [0, 0.05) is 12.5 Å². The van der Waals surface area contributed by atoms with Gasteiger partial charge in [0.05, 0.1) is 6.10 Å². The molecule has 0 bridgehead atoms. The molecule has 0 aromatic carbocycles. The minimum Gasteiger partial charge on any atom is -0.392 e. The summed E-state index contributed by atoms with van der Waals surface area (Å²) in [7, 11) is 0. The molecule has 0 saturated heterocycles. The first kappa shape index (κ1) is 9.52. The van der Waals surface area contributed by atoms with Crippen molar-refractivity contribution >= 4 is 5.91 Å². The summed E-state index contributed by atoms with van der Waals surface area (Å²) in [5.74, 6) is 0.331. The Bertz CT molecular complexity index is 151. The van der Waals surface area contributed by atoms with Gasteiger partial charge in [0.15, 0.2) is 0 Å². The number of hydrogen-bond acceptors (Lipinski definition) is 2. The average molecular weight is 171 g/mol. The van der Waals surface area contributed by atoms with Crippen LogP contribution in [0.25, 0.3) is 0 Å². The fourth-order valence-corrected chi connectivity index (χ4v) is 1.58. The normalized spacial score (nSPS) is 20.8. The maximum Gasteiger partial charge on any atom is 0.223 e. The van der Waals surface area contributed by atoms with E-state index in [1.165, 1.54) is 12.8 Å². The number of amides is 1. The summed E-state index contributed by atoms with van der Waals surface area (Å²) in [6.45, 7) is 2.06. The molecule has 0 unspecified atom stereocenters. The van der Waals surface area contributed by atoms with E-state index in [-0.39, 0.29) is 11.8 Å². The van der Waals surface area contributed by atoms with Crippen LogP contribution < -0.4 is 5.32 Å². The zero-order valence-corrected chi connectivity index (χ0v) is 7.55. The fraction of sp³-hybridized carbons (Fsp3) is 0.889. The summed E-state index contributed by atoms with van der Waals surface area (Å²) >= 11 is 0. The molecule has 0 heterocycles. The lowest BCUT2D eigenvalue weighted by Gasteiger charge is -2.11. The third-order valence-corrected chi connectivity index (χ3v) is 2.30. The maximum atomic E-state index is 11.3. The van der Waals surface area contributed by atoms with Crippen molar-refractivity contribution in [3.8, 4) is 0 Å². The second-order valence-corrected chi connectivity index (χ2v) is 3.58. The number of aliphatic hydroxyl groups is 1. The lowest BCUT2D eigenvalue weighted by atomic mass is 10.1. The van der Waals surface area contributed by atoms with Crippen LogP contribution in [-0.2, 0) is 4.79 Å². The molecule has 1 rings (SSSR count). The SMILES string of the molecule is C[C@H](O)CNC(=O)C1CCCC1. The van der Waals surface area contributed by atoms with E-state index in [4.69, 9.17) is 5.11 Å². The highest BCUT2D eigenvalue weighted by Gasteiger charge is 2.22. The molecule has 1 atom stereocenters.